The zero-order chi connectivity index (χ0) is 45.7. The average molecular weight is 895 g/mol. The number of rotatable bonds is 46. The number of phosphoric acid groups is 1. The standard InChI is InChI=1S/C52H96NO8P/c1-6-8-10-12-14-16-18-20-21-22-23-24-25-26-27-28-29-30-31-33-35-37-39-41-43-45-52(55)61-50(49-60-62(56,57)59-47-46-53(3,4)5)48-58-51(54)44-42-40-38-36-34-32-19-17-15-13-11-9-7-2/h8,10,14,16,20-21,23-24,50H,6-7,9,11-13,15,17-19,22,25-49H2,1-5H3/p+1/b10-8-,16-14-,21-20-,24-23-. The quantitative estimate of drug-likeness (QED) is 0.0212. The van der Waals surface area contributed by atoms with Crippen molar-refractivity contribution in [2.24, 2.45) is 0 Å². The number of allylic oxidation sites excluding steroid dienone is 8. The van der Waals surface area contributed by atoms with E-state index in [1.54, 1.807) is 0 Å². The number of phosphoric ester groups is 1. The van der Waals surface area contributed by atoms with Gasteiger partial charge in [0.1, 0.15) is 19.8 Å². The van der Waals surface area contributed by atoms with Gasteiger partial charge in [0, 0.05) is 12.8 Å². The van der Waals surface area contributed by atoms with Crippen LogP contribution in [0.2, 0.25) is 0 Å². The van der Waals surface area contributed by atoms with Crippen molar-refractivity contribution in [1.29, 1.82) is 0 Å². The molecule has 2 unspecified atom stereocenters. The minimum absolute atomic E-state index is 0.0318. The number of esters is 2. The Bertz CT molecular complexity index is 1190. The summed E-state index contributed by atoms with van der Waals surface area (Å²) in [5.74, 6) is -0.794. The Morgan fingerprint density at radius 1 is 0.516 bits per heavy atom. The summed E-state index contributed by atoms with van der Waals surface area (Å²) in [5, 5.41) is 0. The molecule has 2 atom stereocenters. The van der Waals surface area contributed by atoms with Crippen LogP contribution in [-0.2, 0) is 32.7 Å². The maximum Gasteiger partial charge on any atom is 0.472 e. The summed E-state index contributed by atoms with van der Waals surface area (Å²) in [7, 11) is 1.48. The van der Waals surface area contributed by atoms with Crippen molar-refractivity contribution in [3.05, 3.63) is 48.6 Å². The second-order valence-corrected chi connectivity index (χ2v) is 19.6. The molecule has 62 heavy (non-hydrogen) atoms. The molecule has 362 valence electrons. The molecule has 0 aromatic carbocycles. The highest BCUT2D eigenvalue weighted by Gasteiger charge is 2.27. The summed E-state index contributed by atoms with van der Waals surface area (Å²) in [5.41, 5.74) is 0. The van der Waals surface area contributed by atoms with Crippen molar-refractivity contribution in [3.8, 4) is 0 Å². The van der Waals surface area contributed by atoms with E-state index in [1.165, 1.54) is 122 Å². The summed E-state index contributed by atoms with van der Waals surface area (Å²) in [6.07, 6.45) is 53.0. The molecule has 0 aliphatic heterocycles. The average Bonchev–Trinajstić information content (AvgIpc) is 3.23. The lowest BCUT2D eigenvalue weighted by Gasteiger charge is -2.24. The van der Waals surface area contributed by atoms with Crippen LogP contribution >= 0.6 is 7.82 Å². The fourth-order valence-electron chi connectivity index (χ4n) is 6.95. The third-order valence-corrected chi connectivity index (χ3v) is 11.9. The van der Waals surface area contributed by atoms with Crippen molar-refractivity contribution in [3.63, 3.8) is 0 Å². The molecule has 0 saturated heterocycles. The van der Waals surface area contributed by atoms with Gasteiger partial charge in [-0.3, -0.25) is 18.6 Å². The maximum absolute atomic E-state index is 12.8. The first-order valence-electron chi connectivity index (χ1n) is 25.4. The van der Waals surface area contributed by atoms with E-state index in [0.717, 1.165) is 64.2 Å². The van der Waals surface area contributed by atoms with E-state index < -0.39 is 26.5 Å². The van der Waals surface area contributed by atoms with Gasteiger partial charge in [-0.1, -0.05) is 204 Å². The number of carbonyl (C=O) groups excluding carboxylic acids is 2. The van der Waals surface area contributed by atoms with E-state index in [0.29, 0.717) is 23.9 Å². The second kappa shape index (κ2) is 44.2. The number of hydrogen-bond acceptors (Lipinski definition) is 7. The first kappa shape index (κ1) is 60.0. The predicted octanol–water partition coefficient (Wildman–Crippen LogP) is 15.0. The number of unbranched alkanes of at least 4 members (excludes halogenated alkanes) is 24. The number of carbonyl (C=O) groups is 2. The van der Waals surface area contributed by atoms with E-state index in [4.69, 9.17) is 18.5 Å². The van der Waals surface area contributed by atoms with Crippen LogP contribution in [0.3, 0.4) is 0 Å². The van der Waals surface area contributed by atoms with Crippen LogP contribution in [0.25, 0.3) is 0 Å². The zero-order valence-corrected chi connectivity index (χ0v) is 41.7. The molecule has 0 amide bonds. The van der Waals surface area contributed by atoms with Crippen LogP contribution in [0.5, 0.6) is 0 Å². The Hall–Kier alpha value is -2.03. The molecule has 0 aromatic rings. The minimum atomic E-state index is -4.38. The number of nitrogens with zero attached hydrogens (tertiary/aromatic N) is 1. The normalized spacial score (nSPS) is 13.8. The molecule has 10 heteroatoms. The molecule has 0 aliphatic rings. The van der Waals surface area contributed by atoms with Gasteiger partial charge in [-0.05, 0) is 51.4 Å². The molecule has 0 heterocycles. The molecule has 0 aromatic heterocycles. The Morgan fingerprint density at radius 3 is 1.37 bits per heavy atom. The highest BCUT2D eigenvalue weighted by atomic mass is 31.2. The summed E-state index contributed by atoms with van der Waals surface area (Å²) in [6, 6.07) is 0. The van der Waals surface area contributed by atoms with Crippen molar-refractivity contribution in [1.82, 2.24) is 0 Å². The van der Waals surface area contributed by atoms with Crippen LogP contribution in [0, 0.1) is 0 Å². The zero-order valence-electron chi connectivity index (χ0n) is 40.9. The topological polar surface area (TPSA) is 108 Å². The summed E-state index contributed by atoms with van der Waals surface area (Å²) >= 11 is 0. The molecule has 0 aliphatic carbocycles. The summed E-state index contributed by atoms with van der Waals surface area (Å²) in [6.45, 7) is 4.33. The Labute approximate surface area is 382 Å². The lowest BCUT2D eigenvalue weighted by molar-refractivity contribution is -0.870. The van der Waals surface area contributed by atoms with Gasteiger partial charge in [-0.25, -0.2) is 4.57 Å². The highest BCUT2D eigenvalue weighted by Crippen LogP contribution is 2.43. The number of hydrogen-bond donors (Lipinski definition) is 1. The van der Waals surface area contributed by atoms with E-state index in [-0.39, 0.29) is 25.6 Å². The molecule has 0 fully saturated rings. The third kappa shape index (κ3) is 47.4. The van der Waals surface area contributed by atoms with Gasteiger partial charge in [0.15, 0.2) is 6.10 Å². The molecule has 0 radical (unpaired) electrons. The molecule has 0 rings (SSSR count). The lowest BCUT2D eigenvalue weighted by atomic mass is 10.0. The maximum atomic E-state index is 12.8. The molecule has 0 saturated carbocycles. The second-order valence-electron chi connectivity index (χ2n) is 18.2. The summed E-state index contributed by atoms with van der Waals surface area (Å²) in [4.78, 5) is 35.5. The van der Waals surface area contributed by atoms with E-state index in [2.05, 4.69) is 62.5 Å². The van der Waals surface area contributed by atoms with Gasteiger partial charge >= 0.3 is 19.8 Å². The van der Waals surface area contributed by atoms with Crippen LogP contribution < -0.4 is 0 Å². The fraction of sp³-hybridized carbons (Fsp3) is 0.808. The predicted molar refractivity (Wildman–Crippen MR) is 261 cm³/mol. The molecular formula is C52H97NO8P+. The van der Waals surface area contributed by atoms with Crippen molar-refractivity contribution >= 4 is 19.8 Å². The van der Waals surface area contributed by atoms with Crippen LogP contribution in [0.4, 0.5) is 0 Å². The van der Waals surface area contributed by atoms with Gasteiger partial charge in [-0.2, -0.15) is 0 Å². The SMILES string of the molecule is CC/C=C\C/C=C\C/C=C\C/C=C\CCCCCCCCCCCCCCC(=O)OC(COC(=O)CCCCCCCCCCCCCCC)COP(=O)(O)OCC[N+](C)(C)C. The van der Waals surface area contributed by atoms with E-state index >= 15 is 0 Å². The number of ether oxygens (including phenoxy) is 2. The lowest BCUT2D eigenvalue weighted by Crippen LogP contribution is -2.37. The first-order valence-corrected chi connectivity index (χ1v) is 26.9. The summed E-state index contributed by atoms with van der Waals surface area (Å²) < 4.78 is 34.4. The first-order chi connectivity index (χ1) is 30.0. The van der Waals surface area contributed by atoms with E-state index in [9.17, 15) is 19.0 Å². The van der Waals surface area contributed by atoms with Crippen molar-refractivity contribution in [2.75, 3.05) is 47.5 Å². The van der Waals surface area contributed by atoms with E-state index in [1.807, 2.05) is 21.1 Å². The Morgan fingerprint density at radius 2 is 0.919 bits per heavy atom. The molecule has 0 bridgehead atoms. The number of likely N-dealkylation sites (N-methyl/N-ethyl adjacent to an activating group) is 1. The van der Waals surface area contributed by atoms with Crippen LogP contribution in [0.15, 0.2) is 48.6 Å². The van der Waals surface area contributed by atoms with Gasteiger partial charge in [-0.15, -0.1) is 0 Å². The largest absolute Gasteiger partial charge is 0.472 e. The third-order valence-electron chi connectivity index (χ3n) is 10.9. The minimum Gasteiger partial charge on any atom is -0.462 e. The van der Waals surface area contributed by atoms with Gasteiger partial charge in [0.25, 0.3) is 0 Å². The fourth-order valence-corrected chi connectivity index (χ4v) is 7.69. The van der Waals surface area contributed by atoms with Crippen molar-refractivity contribution < 1.29 is 42.1 Å². The van der Waals surface area contributed by atoms with Crippen LogP contribution in [-0.4, -0.2) is 74.9 Å². The monoisotopic (exact) mass is 895 g/mol. The van der Waals surface area contributed by atoms with Gasteiger partial charge < -0.3 is 18.9 Å². The molecule has 9 nitrogen and oxygen atoms in total. The Kier molecular flexibility index (Phi) is 42.7. The smallest absolute Gasteiger partial charge is 0.462 e. The van der Waals surface area contributed by atoms with Gasteiger partial charge in [0.05, 0.1) is 27.7 Å². The van der Waals surface area contributed by atoms with Crippen LogP contribution in [0.1, 0.15) is 219 Å². The molecule has 0 spiro atoms. The number of quaternary nitrogens is 1. The highest BCUT2D eigenvalue weighted by molar-refractivity contribution is 7.47. The van der Waals surface area contributed by atoms with Crippen molar-refractivity contribution in [2.45, 2.75) is 225 Å². The van der Waals surface area contributed by atoms with Gasteiger partial charge in [0.2, 0.25) is 0 Å². The molecule has 1 N–H and O–H groups in total. The Balaban J connectivity index is 4.19. The molecular weight excluding hydrogens is 798 g/mol.